The maximum atomic E-state index is 11.8. The summed E-state index contributed by atoms with van der Waals surface area (Å²) in [6.45, 7) is 9.05. The molecule has 3 rings (SSSR count). The van der Waals surface area contributed by atoms with Crippen LogP contribution in [-0.4, -0.2) is 55.0 Å². The molecule has 144 valence electrons. The van der Waals surface area contributed by atoms with E-state index in [4.69, 9.17) is 4.42 Å². The lowest BCUT2D eigenvalue weighted by Crippen LogP contribution is -2.46. The van der Waals surface area contributed by atoms with E-state index >= 15 is 0 Å². The molecule has 0 saturated carbocycles. The van der Waals surface area contributed by atoms with E-state index in [0.29, 0.717) is 12.3 Å². The molecule has 2 heterocycles. The Kier molecular flexibility index (Phi) is 7.25. The minimum Gasteiger partial charge on any atom is -0.462 e. The smallest absolute Gasteiger partial charge is 0.244 e. The summed E-state index contributed by atoms with van der Waals surface area (Å²) in [4.78, 5) is 16.8. The minimum absolute atomic E-state index is 0.0725. The first kappa shape index (κ1) is 19.4. The highest BCUT2D eigenvalue weighted by molar-refractivity contribution is 5.91. The van der Waals surface area contributed by atoms with Gasteiger partial charge in [0.1, 0.15) is 11.5 Å². The Morgan fingerprint density at radius 3 is 2.52 bits per heavy atom. The molecule has 0 spiro atoms. The lowest BCUT2D eigenvalue weighted by Gasteiger charge is -2.34. The Morgan fingerprint density at radius 2 is 1.81 bits per heavy atom. The molecule has 0 bridgehead atoms. The van der Waals surface area contributed by atoms with Crippen molar-refractivity contribution in [1.82, 2.24) is 15.1 Å². The molecule has 0 unspecified atom stereocenters. The predicted molar refractivity (Wildman–Crippen MR) is 108 cm³/mol. The fourth-order valence-corrected chi connectivity index (χ4v) is 3.29. The first-order chi connectivity index (χ1) is 13.2. The lowest BCUT2D eigenvalue weighted by molar-refractivity contribution is -0.116. The number of carbonyl (C=O) groups excluding carboxylic acids is 1. The van der Waals surface area contributed by atoms with Crippen molar-refractivity contribution in [2.45, 2.75) is 19.9 Å². The number of aryl methyl sites for hydroxylation is 1. The lowest BCUT2D eigenvalue weighted by atomic mass is 10.2. The van der Waals surface area contributed by atoms with Gasteiger partial charge >= 0.3 is 0 Å². The number of amides is 1. The van der Waals surface area contributed by atoms with Crippen molar-refractivity contribution in [2.75, 3.05) is 39.3 Å². The standard InChI is InChI=1S/C22H29N3O2/c1-19-8-9-21(27-19)10-11-22(26)23-12-5-13-24-14-16-25(17-15-24)18-20-6-3-2-4-7-20/h2-4,6-11H,5,12-18H2,1H3,(H,23,26)/b11-10+. The van der Waals surface area contributed by atoms with E-state index in [1.165, 1.54) is 11.6 Å². The zero-order chi connectivity index (χ0) is 18.9. The van der Waals surface area contributed by atoms with Gasteiger partial charge in [0.2, 0.25) is 5.91 Å². The van der Waals surface area contributed by atoms with E-state index in [1.54, 1.807) is 6.08 Å². The van der Waals surface area contributed by atoms with Gasteiger partial charge in [-0.2, -0.15) is 0 Å². The molecule has 0 aliphatic carbocycles. The monoisotopic (exact) mass is 367 g/mol. The van der Waals surface area contributed by atoms with Crippen LogP contribution < -0.4 is 5.32 Å². The second-order valence-electron chi connectivity index (χ2n) is 7.03. The highest BCUT2D eigenvalue weighted by atomic mass is 16.3. The van der Waals surface area contributed by atoms with E-state index in [0.717, 1.165) is 51.4 Å². The molecule has 1 saturated heterocycles. The van der Waals surface area contributed by atoms with E-state index in [-0.39, 0.29) is 5.91 Å². The molecular formula is C22H29N3O2. The summed E-state index contributed by atoms with van der Waals surface area (Å²) in [5.41, 5.74) is 1.38. The maximum Gasteiger partial charge on any atom is 0.244 e. The molecule has 0 atom stereocenters. The number of benzene rings is 1. The Morgan fingerprint density at radius 1 is 1.07 bits per heavy atom. The fraction of sp³-hybridized carbons (Fsp3) is 0.409. The van der Waals surface area contributed by atoms with Crippen LogP contribution >= 0.6 is 0 Å². The highest BCUT2D eigenvalue weighted by Crippen LogP contribution is 2.09. The van der Waals surface area contributed by atoms with Gasteiger partial charge in [-0.15, -0.1) is 0 Å². The normalized spacial score (nSPS) is 16.0. The maximum absolute atomic E-state index is 11.8. The largest absolute Gasteiger partial charge is 0.462 e. The third kappa shape index (κ3) is 6.70. The molecule has 2 aromatic rings. The zero-order valence-corrected chi connectivity index (χ0v) is 16.1. The summed E-state index contributed by atoms with van der Waals surface area (Å²) in [7, 11) is 0. The molecule has 27 heavy (non-hydrogen) atoms. The number of nitrogens with zero attached hydrogens (tertiary/aromatic N) is 2. The highest BCUT2D eigenvalue weighted by Gasteiger charge is 2.16. The number of furan rings is 1. The second-order valence-corrected chi connectivity index (χ2v) is 7.03. The Labute approximate surface area is 161 Å². The van der Waals surface area contributed by atoms with Gasteiger partial charge in [0.15, 0.2) is 0 Å². The van der Waals surface area contributed by atoms with Gasteiger partial charge in [-0.1, -0.05) is 30.3 Å². The fourth-order valence-electron chi connectivity index (χ4n) is 3.29. The van der Waals surface area contributed by atoms with Gasteiger partial charge in [-0.05, 0) is 43.7 Å². The average molecular weight is 367 g/mol. The predicted octanol–water partition coefficient (Wildman–Crippen LogP) is 2.93. The van der Waals surface area contributed by atoms with Crippen LogP contribution in [0.4, 0.5) is 0 Å². The van der Waals surface area contributed by atoms with Crippen molar-refractivity contribution >= 4 is 12.0 Å². The molecule has 1 aromatic heterocycles. The van der Waals surface area contributed by atoms with Gasteiger partial charge < -0.3 is 14.6 Å². The van der Waals surface area contributed by atoms with Gasteiger partial charge in [0.05, 0.1) is 0 Å². The van der Waals surface area contributed by atoms with Crippen molar-refractivity contribution in [3.63, 3.8) is 0 Å². The zero-order valence-electron chi connectivity index (χ0n) is 16.1. The second kappa shape index (κ2) is 10.1. The summed E-state index contributed by atoms with van der Waals surface area (Å²) in [6.07, 6.45) is 4.20. The van der Waals surface area contributed by atoms with E-state index in [2.05, 4.69) is 45.4 Å². The van der Waals surface area contributed by atoms with E-state index < -0.39 is 0 Å². The van der Waals surface area contributed by atoms with E-state index in [1.807, 2.05) is 19.1 Å². The summed E-state index contributed by atoms with van der Waals surface area (Å²) in [5, 5.41) is 2.94. The number of carbonyl (C=O) groups is 1. The molecule has 1 aromatic carbocycles. The third-order valence-corrected chi connectivity index (χ3v) is 4.82. The minimum atomic E-state index is -0.0725. The Balaban J connectivity index is 1.27. The van der Waals surface area contributed by atoms with Crippen LogP contribution in [-0.2, 0) is 11.3 Å². The number of piperazine rings is 1. The SMILES string of the molecule is Cc1ccc(/C=C/C(=O)NCCCN2CCN(Cc3ccccc3)CC2)o1. The van der Waals surface area contributed by atoms with Gasteiger partial charge in [-0.25, -0.2) is 0 Å². The van der Waals surface area contributed by atoms with Crippen molar-refractivity contribution in [3.8, 4) is 0 Å². The molecule has 1 aliphatic heterocycles. The first-order valence-electron chi connectivity index (χ1n) is 9.70. The van der Waals surface area contributed by atoms with E-state index in [9.17, 15) is 4.79 Å². The number of hydrogen-bond acceptors (Lipinski definition) is 4. The number of nitrogens with one attached hydrogen (secondary N) is 1. The number of hydrogen-bond donors (Lipinski definition) is 1. The van der Waals surface area contributed by atoms with Crippen LogP contribution in [0.15, 0.2) is 53.0 Å². The molecule has 1 fully saturated rings. The van der Waals surface area contributed by atoms with Crippen molar-refractivity contribution in [3.05, 3.63) is 65.6 Å². The van der Waals surface area contributed by atoms with Crippen LogP contribution in [0.3, 0.4) is 0 Å². The Bertz CT molecular complexity index is 731. The molecule has 1 N–H and O–H groups in total. The molecule has 5 nitrogen and oxygen atoms in total. The van der Waals surface area contributed by atoms with Gasteiger partial charge in [0.25, 0.3) is 0 Å². The van der Waals surface area contributed by atoms with Crippen molar-refractivity contribution in [1.29, 1.82) is 0 Å². The third-order valence-electron chi connectivity index (χ3n) is 4.82. The Hall–Kier alpha value is -2.37. The number of rotatable bonds is 8. The average Bonchev–Trinajstić information content (AvgIpc) is 3.11. The van der Waals surface area contributed by atoms with Gasteiger partial charge in [-0.3, -0.25) is 9.69 Å². The quantitative estimate of drug-likeness (QED) is 0.576. The molecule has 0 radical (unpaired) electrons. The van der Waals surface area contributed by atoms with Crippen LogP contribution in [0.2, 0.25) is 0 Å². The topological polar surface area (TPSA) is 48.7 Å². The van der Waals surface area contributed by atoms with Gasteiger partial charge in [0, 0.05) is 45.3 Å². The summed E-state index contributed by atoms with van der Waals surface area (Å²) < 4.78 is 5.41. The van der Waals surface area contributed by atoms with Crippen LogP contribution in [0.5, 0.6) is 0 Å². The molecule has 1 aliphatic rings. The molecular weight excluding hydrogens is 338 g/mol. The summed E-state index contributed by atoms with van der Waals surface area (Å²) in [6, 6.07) is 14.4. The van der Waals surface area contributed by atoms with Crippen LogP contribution in [0.25, 0.3) is 6.08 Å². The first-order valence-corrected chi connectivity index (χ1v) is 9.70. The van der Waals surface area contributed by atoms with Crippen molar-refractivity contribution in [2.24, 2.45) is 0 Å². The molecule has 1 amide bonds. The molecule has 5 heteroatoms. The van der Waals surface area contributed by atoms with Crippen molar-refractivity contribution < 1.29 is 9.21 Å². The van der Waals surface area contributed by atoms with Crippen LogP contribution in [0, 0.1) is 6.92 Å². The van der Waals surface area contributed by atoms with Crippen LogP contribution in [0.1, 0.15) is 23.5 Å². The summed E-state index contributed by atoms with van der Waals surface area (Å²) in [5.74, 6) is 1.48. The summed E-state index contributed by atoms with van der Waals surface area (Å²) >= 11 is 0.